The molecular formula is C13H15ClFN3. The smallest absolute Gasteiger partial charge is 0.124 e. The Kier molecular flexibility index (Phi) is 4.73. The molecule has 0 fully saturated rings. The molecule has 5 heteroatoms. The van der Waals surface area contributed by atoms with Gasteiger partial charge in [-0.2, -0.15) is 0 Å². The molecule has 0 spiro atoms. The van der Waals surface area contributed by atoms with Gasteiger partial charge in [0.15, 0.2) is 0 Å². The lowest BCUT2D eigenvalue weighted by molar-refractivity contribution is 0.579. The Morgan fingerprint density at radius 2 is 2.28 bits per heavy atom. The zero-order valence-electron chi connectivity index (χ0n) is 9.94. The molecule has 0 unspecified atom stereocenters. The highest BCUT2D eigenvalue weighted by molar-refractivity contribution is 6.31. The zero-order valence-corrected chi connectivity index (χ0v) is 10.7. The van der Waals surface area contributed by atoms with Crippen molar-refractivity contribution in [2.45, 2.75) is 19.5 Å². The number of aryl methyl sites for hydroxylation is 1. The zero-order chi connectivity index (χ0) is 12.8. The highest BCUT2D eigenvalue weighted by Gasteiger charge is 2.01. The minimum absolute atomic E-state index is 0.302. The number of hydrogen-bond acceptors (Lipinski definition) is 2. The lowest BCUT2D eigenvalue weighted by Crippen LogP contribution is -2.16. The standard InChI is InChI=1S/C13H15ClFN3/c14-13-8-12(15)3-2-11(13)9-16-4-1-6-18-7-5-17-10-18/h2-3,5,7-8,10,16H,1,4,6,9H2. The summed E-state index contributed by atoms with van der Waals surface area (Å²) in [5, 5.41) is 3.75. The van der Waals surface area contributed by atoms with Crippen molar-refractivity contribution in [1.29, 1.82) is 0 Å². The maximum absolute atomic E-state index is 12.8. The van der Waals surface area contributed by atoms with Gasteiger partial charge in [-0.1, -0.05) is 17.7 Å². The summed E-state index contributed by atoms with van der Waals surface area (Å²) in [5.41, 5.74) is 0.917. The highest BCUT2D eigenvalue weighted by Crippen LogP contribution is 2.16. The number of hydrogen-bond donors (Lipinski definition) is 1. The molecular weight excluding hydrogens is 253 g/mol. The largest absolute Gasteiger partial charge is 0.337 e. The van der Waals surface area contributed by atoms with Gasteiger partial charge in [-0.3, -0.25) is 0 Å². The summed E-state index contributed by atoms with van der Waals surface area (Å²) in [6, 6.07) is 4.47. The molecule has 0 saturated carbocycles. The van der Waals surface area contributed by atoms with Crippen LogP contribution in [0.2, 0.25) is 5.02 Å². The number of halogens is 2. The van der Waals surface area contributed by atoms with Crippen LogP contribution in [-0.2, 0) is 13.1 Å². The van der Waals surface area contributed by atoms with Crippen molar-refractivity contribution in [2.24, 2.45) is 0 Å². The summed E-state index contributed by atoms with van der Waals surface area (Å²) in [7, 11) is 0. The number of imidazole rings is 1. The molecule has 0 saturated heterocycles. The number of nitrogens with zero attached hydrogens (tertiary/aromatic N) is 2. The minimum atomic E-state index is -0.302. The molecule has 0 aliphatic heterocycles. The van der Waals surface area contributed by atoms with Crippen LogP contribution >= 0.6 is 11.6 Å². The summed E-state index contributed by atoms with van der Waals surface area (Å²) < 4.78 is 14.9. The summed E-state index contributed by atoms with van der Waals surface area (Å²) >= 11 is 5.93. The number of nitrogens with one attached hydrogen (secondary N) is 1. The van der Waals surface area contributed by atoms with Crippen molar-refractivity contribution in [3.8, 4) is 0 Å². The van der Waals surface area contributed by atoms with Gasteiger partial charge in [0.2, 0.25) is 0 Å². The molecule has 2 rings (SSSR count). The molecule has 1 aromatic carbocycles. The van der Waals surface area contributed by atoms with E-state index in [1.165, 1.54) is 12.1 Å². The predicted molar refractivity (Wildman–Crippen MR) is 70.0 cm³/mol. The Hall–Kier alpha value is -1.39. The Labute approximate surface area is 111 Å². The molecule has 1 heterocycles. The van der Waals surface area contributed by atoms with E-state index < -0.39 is 0 Å². The predicted octanol–water partition coefficient (Wildman–Crippen LogP) is 2.86. The van der Waals surface area contributed by atoms with Crippen molar-refractivity contribution in [3.05, 3.63) is 53.3 Å². The van der Waals surface area contributed by atoms with Crippen molar-refractivity contribution in [3.63, 3.8) is 0 Å². The van der Waals surface area contributed by atoms with Crippen molar-refractivity contribution in [1.82, 2.24) is 14.9 Å². The third-order valence-corrected chi connectivity index (χ3v) is 3.01. The van der Waals surface area contributed by atoms with Gasteiger partial charge in [0.05, 0.1) is 6.33 Å². The van der Waals surface area contributed by atoms with E-state index >= 15 is 0 Å². The maximum atomic E-state index is 12.8. The van der Waals surface area contributed by atoms with Gasteiger partial charge in [0.25, 0.3) is 0 Å². The average Bonchev–Trinajstić information content (AvgIpc) is 2.84. The van der Waals surface area contributed by atoms with Gasteiger partial charge in [0.1, 0.15) is 5.82 Å². The van der Waals surface area contributed by atoms with Crippen LogP contribution < -0.4 is 5.32 Å². The van der Waals surface area contributed by atoms with E-state index in [1.807, 2.05) is 10.8 Å². The lowest BCUT2D eigenvalue weighted by atomic mass is 10.2. The van der Waals surface area contributed by atoms with Crippen molar-refractivity contribution < 1.29 is 4.39 Å². The van der Waals surface area contributed by atoms with Gasteiger partial charge >= 0.3 is 0 Å². The minimum Gasteiger partial charge on any atom is -0.337 e. The first-order valence-electron chi connectivity index (χ1n) is 5.86. The summed E-state index contributed by atoms with van der Waals surface area (Å²) in [5.74, 6) is -0.302. The van der Waals surface area contributed by atoms with Gasteiger partial charge in [0, 0.05) is 30.5 Å². The summed E-state index contributed by atoms with van der Waals surface area (Å²) in [6.07, 6.45) is 6.52. The molecule has 18 heavy (non-hydrogen) atoms. The Morgan fingerprint density at radius 3 is 3.00 bits per heavy atom. The molecule has 0 radical (unpaired) electrons. The summed E-state index contributed by atoms with van der Waals surface area (Å²) in [6.45, 7) is 2.47. The number of benzene rings is 1. The van der Waals surface area contributed by atoms with Crippen LogP contribution in [0.4, 0.5) is 4.39 Å². The molecule has 0 amide bonds. The van der Waals surface area contributed by atoms with Gasteiger partial charge in [-0.25, -0.2) is 9.37 Å². The number of rotatable bonds is 6. The second-order valence-corrected chi connectivity index (χ2v) is 4.47. The quantitative estimate of drug-likeness (QED) is 0.816. The Morgan fingerprint density at radius 1 is 1.39 bits per heavy atom. The first kappa shape index (κ1) is 13.1. The third-order valence-electron chi connectivity index (χ3n) is 2.66. The van der Waals surface area contributed by atoms with Crippen LogP contribution in [-0.4, -0.2) is 16.1 Å². The van der Waals surface area contributed by atoms with Gasteiger partial charge in [-0.15, -0.1) is 0 Å². The molecule has 2 aromatic rings. The second-order valence-electron chi connectivity index (χ2n) is 4.07. The van der Waals surface area contributed by atoms with Crippen LogP contribution in [0.1, 0.15) is 12.0 Å². The summed E-state index contributed by atoms with van der Waals surface area (Å²) in [4.78, 5) is 3.98. The fraction of sp³-hybridized carbons (Fsp3) is 0.308. The maximum Gasteiger partial charge on any atom is 0.124 e. The van der Waals surface area contributed by atoms with Crippen LogP contribution in [0.5, 0.6) is 0 Å². The van der Waals surface area contributed by atoms with Crippen molar-refractivity contribution in [2.75, 3.05) is 6.54 Å². The molecule has 0 aliphatic rings. The highest BCUT2D eigenvalue weighted by atomic mass is 35.5. The fourth-order valence-electron chi connectivity index (χ4n) is 1.69. The van der Waals surface area contributed by atoms with E-state index in [1.54, 1.807) is 18.6 Å². The molecule has 0 aliphatic carbocycles. The molecule has 1 N–H and O–H groups in total. The van der Waals surface area contributed by atoms with Gasteiger partial charge < -0.3 is 9.88 Å². The normalized spacial score (nSPS) is 10.8. The monoisotopic (exact) mass is 267 g/mol. The first-order valence-corrected chi connectivity index (χ1v) is 6.24. The Bertz CT molecular complexity index is 485. The van der Waals surface area contributed by atoms with E-state index in [0.29, 0.717) is 11.6 Å². The van der Waals surface area contributed by atoms with Crippen LogP contribution in [0.3, 0.4) is 0 Å². The fourth-order valence-corrected chi connectivity index (χ4v) is 1.93. The molecule has 0 atom stereocenters. The molecule has 0 bridgehead atoms. The van der Waals surface area contributed by atoms with E-state index in [0.717, 1.165) is 25.1 Å². The second kappa shape index (κ2) is 6.52. The van der Waals surface area contributed by atoms with E-state index in [4.69, 9.17) is 11.6 Å². The van der Waals surface area contributed by atoms with Crippen LogP contribution in [0.25, 0.3) is 0 Å². The van der Waals surface area contributed by atoms with Crippen LogP contribution in [0, 0.1) is 5.82 Å². The third kappa shape index (κ3) is 3.82. The Balaban J connectivity index is 1.69. The topological polar surface area (TPSA) is 29.9 Å². The van der Waals surface area contributed by atoms with E-state index in [2.05, 4.69) is 10.3 Å². The van der Waals surface area contributed by atoms with E-state index in [9.17, 15) is 4.39 Å². The molecule has 96 valence electrons. The lowest BCUT2D eigenvalue weighted by Gasteiger charge is -2.07. The van der Waals surface area contributed by atoms with Crippen molar-refractivity contribution >= 4 is 11.6 Å². The van der Waals surface area contributed by atoms with E-state index in [-0.39, 0.29) is 5.82 Å². The first-order chi connectivity index (χ1) is 8.75. The van der Waals surface area contributed by atoms with Crippen LogP contribution in [0.15, 0.2) is 36.9 Å². The molecule has 1 aromatic heterocycles. The molecule has 3 nitrogen and oxygen atoms in total. The SMILES string of the molecule is Fc1ccc(CNCCCn2ccnc2)c(Cl)c1. The van der Waals surface area contributed by atoms with Gasteiger partial charge in [-0.05, 0) is 30.7 Å². The number of aromatic nitrogens is 2. The average molecular weight is 268 g/mol.